The Balaban J connectivity index is 3.51. The van der Waals surface area contributed by atoms with Crippen LogP contribution in [0.4, 0.5) is 4.79 Å². The zero-order valence-corrected chi connectivity index (χ0v) is 23.5. The molecule has 0 radical (unpaired) electrons. The van der Waals surface area contributed by atoms with Crippen molar-refractivity contribution in [3.8, 4) is 12.3 Å². The summed E-state index contributed by atoms with van der Waals surface area (Å²) in [7, 11) is 0. The number of nitrogens with one attached hydrogen (secondary N) is 2. The summed E-state index contributed by atoms with van der Waals surface area (Å²) in [4.78, 5) is 41.9. The molecule has 0 aliphatic heterocycles. The van der Waals surface area contributed by atoms with Crippen molar-refractivity contribution in [2.75, 3.05) is 0 Å². The Kier molecular flexibility index (Phi) is 12.0. The van der Waals surface area contributed by atoms with Gasteiger partial charge in [-0.15, -0.1) is 6.42 Å². The first-order valence-electron chi connectivity index (χ1n) is 12.9. The third-order valence-corrected chi connectivity index (χ3v) is 5.99. The van der Waals surface area contributed by atoms with E-state index in [4.69, 9.17) is 11.2 Å². The summed E-state index contributed by atoms with van der Waals surface area (Å²) < 4.78 is 5.43. The van der Waals surface area contributed by atoms with Gasteiger partial charge in [-0.25, -0.2) is 4.79 Å². The zero-order valence-electron chi connectivity index (χ0n) is 23.5. The first kappa shape index (κ1) is 31.0. The van der Waals surface area contributed by atoms with E-state index in [1.807, 2.05) is 34.6 Å². The minimum atomic E-state index is -0.893. The Morgan fingerprint density at radius 1 is 1.03 bits per heavy atom. The molecule has 0 heterocycles. The lowest BCUT2D eigenvalue weighted by Crippen LogP contribution is -2.57. The highest BCUT2D eigenvalue weighted by Crippen LogP contribution is 2.27. The van der Waals surface area contributed by atoms with Crippen LogP contribution in [0.2, 0.25) is 0 Å². The average Bonchev–Trinajstić information content (AvgIpc) is 2.78. The normalized spacial score (nSPS) is 14.7. The number of terminal acetylenes is 1. The van der Waals surface area contributed by atoms with E-state index in [9.17, 15) is 14.4 Å². The highest BCUT2D eigenvalue weighted by Gasteiger charge is 2.39. The van der Waals surface area contributed by atoms with Crippen LogP contribution in [0.5, 0.6) is 0 Å². The van der Waals surface area contributed by atoms with E-state index < -0.39 is 23.8 Å². The number of carbonyl (C=O) groups excluding carboxylic acids is 3. The fourth-order valence-corrected chi connectivity index (χ4v) is 3.98. The van der Waals surface area contributed by atoms with Crippen LogP contribution in [0.25, 0.3) is 0 Å². The molecule has 0 aliphatic rings. The van der Waals surface area contributed by atoms with Crippen molar-refractivity contribution >= 4 is 17.9 Å². The number of hydrogen-bond donors (Lipinski definition) is 2. The summed E-state index contributed by atoms with van der Waals surface area (Å²) in [6.45, 7) is 16.9. The molecule has 3 amide bonds. The fourth-order valence-electron chi connectivity index (χ4n) is 3.98. The van der Waals surface area contributed by atoms with Crippen molar-refractivity contribution in [3.63, 3.8) is 0 Å². The number of amides is 3. The molecule has 200 valence electrons. The maximum absolute atomic E-state index is 14.1. The molecule has 0 fully saturated rings. The Morgan fingerprint density at radius 2 is 1.61 bits per heavy atom. The quantitative estimate of drug-likeness (QED) is 0.410. The first-order valence-corrected chi connectivity index (χ1v) is 12.9. The van der Waals surface area contributed by atoms with Crippen LogP contribution >= 0.6 is 0 Å². The van der Waals surface area contributed by atoms with Crippen LogP contribution in [-0.2, 0) is 14.3 Å². The molecule has 0 saturated heterocycles. The lowest BCUT2D eigenvalue weighted by Gasteiger charge is -2.38. The van der Waals surface area contributed by atoms with Crippen molar-refractivity contribution in [3.05, 3.63) is 35.4 Å². The van der Waals surface area contributed by atoms with E-state index in [1.54, 1.807) is 49.9 Å². The Morgan fingerprint density at radius 3 is 2.06 bits per heavy atom. The third-order valence-electron chi connectivity index (χ3n) is 5.99. The van der Waals surface area contributed by atoms with Crippen molar-refractivity contribution in [2.24, 2.45) is 5.92 Å². The first-order chi connectivity index (χ1) is 16.7. The van der Waals surface area contributed by atoms with Crippen LogP contribution < -0.4 is 10.6 Å². The Bertz CT molecular complexity index is 912. The van der Waals surface area contributed by atoms with Crippen molar-refractivity contribution in [1.29, 1.82) is 0 Å². The second kappa shape index (κ2) is 13.9. The fraction of sp³-hybridized carbons (Fsp3) is 0.621. The predicted molar refractivity (Wildman–Crippen MR) is 144 cm³/mol. The van der Waals surface area contributed by atoms with Gasteiger partial charge in [-0.3, -0.25) is 9.59 Å². The smallest absolute Gasteiger partial charge is 0.408 e. The number of carbonyl (C=O) groups is 3. The SMILES string of the molecule is C#Cc1ccc(C(C(=O)NC(C)CCC)N(C(=O)C(NC(=O)OC(C)(C)C)C(C)CC)C(C)C)cc1. The van der Waals surface area contributed by atoms with Gasteiger partial charge in [-0.1, -0.05) is 51.7 Å². The van der Waals surface area contributed by atoms with Gasteiger partial charge in [-0.2, -0.15) is 0 Å². The maximum Gasteiger partial charge on any atom is 0.408 e. The number of alkyl carbamates (subject to hydrolysis) is 1. The van der Waals surface area contributed by atoms with E-state index in [0.717, 1.165) is 12.8 Å². The van der Waals surface area contributed by atoms with Crippen LogP contribution in [0.1, 0.15) is 98.7 Å². The average molecular weight is 500 g/mol. The van der Waals surface area contributed by atoms with E-state index in [-0.39, 0.29) is 29.8 Å². The van der Waals surface area contributed by atoms with Crippen LogP contribution in [0, 0.1) is 18.3 Å². The maximum atomic E-state index is 14.1. The van der Waals surface area contributed by atoms with E-state index in [1.165, 1.54) is 0 Å². The van der Waals surface area contributed by atoms with Gasteiger partial charge in [0.05, 0.1) is 0 Å². The molecule has 1 rings (SSSR count). The highest BCUT2D eigenvalue weighted by atomic mass is 16.6. The molecule has 1 aromatic rings. The van der Waals surface area contributed by atoms with E-state index in [0.29, 0.717) is 17.5 Å². The summed E-state index contributed by atoms with van der Waals surface area (Å²) >= 11 is 0. The lowest BCUT2D eigenvalue weighted by atomic mass is 9.94. The highest BCUT2D eigenvalue weighted by molar-refractivity contribution is 5.92. The molecule has 2 N–H and O–H groups in total. The van der Waals surface area contributed by atoms with Gasteiger partial charge in [0.2, 0.25) is 11.8 Å². The summed E-state index contributed by atoms with van der Waals surface area (Å²) in [6.07, 6.45) is 7.25. The molecule has 0 saturated carbocycles. The van der Waals surface area contributed by atoms with Gasteiger partial charge >= 0.3 is 6.09 Å². The molecule has 7 nitrogen and oxygen atoms in total. The number of ether oxygens (including phenoxy) is 1. The number of rotatable bonds is 11. The van der Waals surface area contributed by atoms with Gasteiger partial charge in [-0.05, 0) is 71.6 Å². The van der Waals surface area contributed by atoms with Gasteiger partial charge in [0, 0.05) is 17.6 Å². The zero-order chi connectivity index (χ0) is 27.6. The Hall–Kier alpha value is -3.01. The number of hydrogen-bond acceptors (Lipinski definition) is 4. The minimum absolute atomic E-state index is 0.0515. The largest absolute Gasteiger partial charge is 0.444 e. The topological polar surface area (TPSA) is 87.7 Å². The van der Waals surface area contributed by atoms with Crippen LogP contribution in [-0.4, -0.2) is 46.5 Å². The molecule has 0 aromatic heterocycles. The molecule has 1 aromatic carbocycles. The molecule has 0 bridgehead atoms. The van der Waals surface area contributed by atoms with Crippen LogP contribution in [0.3, 0.4) is 0 Å². The third kappa shape index (κ3) is 9.22. The summed E-state index contributed by atoms with van der Waals surface area (Å²) in [6, 6.07) is 4.96. The van der Waals surface area contributed by atoms with Crippen molar-refractivity contribution < 1.29 is 19.1 Å². The number of nitrogens with zero attached hydrogens (tertiary/aromatic N) is 1. The Labute approximate surface area is 217 Å². The van der Waals surface area contributed by atoms with Gasteiger partial charge in [0.1, 0.15) is 17.7 Å². The molecule has 4 unspecified atom stereocenters. The second-order valence-electron chi connectivity index (χ2n) is 10.7. The summed E-state index contributed by atoms with van der Waals surface area (Å²) in [5.74, 6) is 1.79. The summed E-state index contributed by atoms with van der Waals surface area (Å²) in [5, 5.41) is 5.84. The predicted octanol–water partition coefficient (Wildman–Crippen LogP) is 5.19. The summed E-state index contributed by atoms with van der Waals surface area (Å²) in [5.41, 5.74) is 0.628. The molecule has 4 atom stereocenters. The van der Waals surface area contributed by atoms with Crippen LogP contribution in [0.15, 0.2) is 24.3 Å². The molecule has 36 heavy (non-hydrogen) atoms. The minimum Gasteiger partial charge on any atom is -0.444 e. The monoisotopic (exact) mass is 499 g/mol. The van der Waals surface area contributed by atoms with E-state index in [2.05, 4.69) is 23.5 Å². The molecule has 0 spiro atoms. The standard InChI is InChI=1S/C29H45N3O4/c1-11-14-21(7)30-26(33)25(23-17-15-22(13-3)16-18-23)32(19(4)5)27(34)24(20(6)12-2)31-28(35)36-29(8,9)10/h3,15-21,24-25H,11-12,14H2,1-2,4-10H3,(H,30,33)(H,31,35). The van der Waals surface area contributed by atoms with E-state index >= 15 is 0 Å². The second-order valence-corrected chi connectivity index (χ2v) is 10.7. The molecule has 7 heteroatoms. The van der Waals surface area contributed by atoms with Gasteiger partial charge in [0.25, 0.3) is 0 Å². The lowest BCUT2D eigenvalue weighted by molar-refractivity contribution is -0.145. The van der Waals surface area contributed by atoms with Gasteiger partial charge in [0.15, 0.2) is 0 Å². The molecular formula is C29H45N3O4. The number of benzene rings is 1. The van der Waals surface area contributed by atoms with Gasteiger partial charge < -0.3 is 20.3 Å². The van der Waals surface area contributed by atoms with Crippen molar-refractivity contribution in [2.45, 2.75) is 111 Å². The van der Waals surface area contributed by atoms with Crippen molar-refractivity contribution in [1.82, 2.24) is 15.5 Å². The molecular weight excluding hydrogens is 454 g/mol. The molecule has 0 aliphatic carbocycles.